The molecule has 0 atom stereocenters. The minimum atomic E-state index is 0.410. The molecule has 0 amide bonds. The Labute approximate surface area is 118 Å². The van der Waals surface area contributed by atoms with E-state index in [-0.39, 0.29) is 0 Å². The first kappa shape index (κ1) is 14.3. The van der Waals surface area contributed by atoms with Crippen molar-refractivity contribution in [3.05, 3.63) is 53.7 Å². The third-order valence-corrected chi connectivity index (χ3v) is 2.86. The second-order valence-corrected chi connectivity index (χ2v) is 4.33. The van der Waals surface area contributed by atoms with Gasteiger partial charge in [0.15, 0.2) is 0 Å². The van der Waals surface area contributed by atoms with Gasteiger partial charge < -0.3 is 14.9 Å². The quantitative estimate of drug-likeness (QED) is 0.597. The Balaban J connectivity index is 1.89. The van der Waals surface area contributed by atoms with Gasteiger partial charge in [-0.3, -0.25) is 0 Å². The maximum atomic E-state index is 5.69. The van der Waals surface area contributed by atoms with E-state index in [1.807, 2.05) is 36.4 Å². The highest BCUT2D eigenvalue weighted by atomic mass is 16.5. The highest BCUT2D eigenvalue weighted by molar-refractivity contribution is 5.33. The van der Waals surface area contributed by atoms with Gasteiger partial charge in [-0.05, 0) is 36.2 Å². The maximum Gasteiger partial charge on any atom is 0.140 e. The van der Waals surface area contributed by atoms with Crippen molar-refractivity contribution in [2.75, 3.05) is 19.1 Å². The van der Waals surface area contributed by atoms with Gasteiger partial charge in [-0.1, -0.05) is 18.2 Å². The predicted octanol–water partition coefficient (Wildman–Crippen LogP) is 2.14. The van der Waals surface area contributed by atoms with Crippen molar-refractivity contribution in [2.24, 2.45) is 5.84 Å². The molecule has 0 unspecified atom stereocenters. The Morgan fingerprint density at radius 3 is 2.65 bits per heavy atom. The molecule has 1 aromatic heterocycles. The number of hydrogen-bond donors (Lipinski definition) is 2. The number of nitrogens with two attached hydrogens (primary N) is 1. The minimum absolute atomic E-state index is 0.410. The van der Waals surface area contributed by atoms with Crippen LogP contribution in [0.2, 0.25) is 0 Å². The van der Waals surface area contributed by atoms with Crippen LogP contribution >= 0.6 is 0 Å². The Hall–Kier alpha value is -2.11. The molecule has 0 saturated heterocycles. The lowest BCUT2D eigenvalue weighted by Gasteiger charge is -2.08. The van der Waals surface area contributed by atoms with Crippen molar-refractivity contribution in [2.45, 2.75) is 13.0 Å². The van der Waals surface area contributed by atoms with Crippen molar-refractivity contribution >= 4 is 5.82 Å². The molecular formula is C15H19N3O2. The van der Waals surface area contributed by atoms with Crippen LogP contribution in [-0.4, -0.2) is 18.7 Å². The molecule has 1 aromatic carbocycles. The van der Waals surface area contributed by atoms with E-state index < -0.39 is 0 Å². The topological polar surface area (TPSA) is 69.4 Å². The molecule has 5 nitrogen and oxygen atoms in total. The number of hydrazine groups is 1. The van der Waals surface area contributed by atoms with Crippen LogP contribution in [0.1, 0.15) is 11.3 Å². The summed E-state index contributed by atoms with van der Waals surface area (Å²) in [4.78, 5) is 4.29. The third kappa shape index (κ3) is 4.22. The van der Waals surface area contributed by atoms with E-state index in [1.165, 1.54) is 5.56 Å². The minimum Gasteiger partial charge on any atom is -0.487 e. The smallest absolute Gasteiger partial charge is 0.140 e. The fourth-order valence-corrected chi connectivity index (χ4v) is 1.77. The normalized spacial score (nSPS) is 10.3. The van der Waals surface area contributed by atoms with Crippen LogP contribution in [0.5, 0.6) is 5.75 Å². The van der Waals surface area contributed by atoms with Gasteiger partial charge in [0.25, 0.3) is 0 Å². The van der Waals surface area contributed by atoms with Crippen molar-refractivity contribution in [1.82, 2.24) is 4.98 Å². The number of rotatable bonds is 7. The van der Waals surface area contributed by atoms with E-state index in [2.05, 4.69) is 10.4 Å². The van der Waals surface area contributed by atoms with Crippen molar-refractivity contribution < 1.29 is 9.47 Å². The molecule has 0 spiro atoms. The number of nitrogens with one attached hydrogen (secondary N) is 1. The van der Waals surface area contributed by atoms with Crippen LogP contribution in [-0.2, 0) is 17.8 Å². The highest BCUT2D eigenvalue weighted by Crippen LogP contribution is 2.14. The van der Waals surface area contributed by atoms with Gasteiger partial charge in [-0.15, -0.1) is 0 Å². The average molecular weight is 273 g/mol. The number of hydrogen-bond acceptors (Lipinski definition) is 5. The second kappa shape index (κ2) is 7.47. The summed E-state index contributed by atoms with van der Waals surface area (Å²) in [7, 11) is 1.70. The fraction of sp³-hybridized carbons (Fsp3) is 0.267. The zero-order chi connectivity index (χ0) is 14.2. The molecule has 2 aromatic rings. The number of aromatic nitrogens is 1. The number of anilines is 1. The molecule has 1 heterocycles. The third-order valence-electron chi connectivity index (χ3n) is 2.86. The summed E-state index contributed by atoms with van der Waals surface area (Å²) in [6, 6.07) is 13.6. The van der Waals surface area contributed by atoms with E-state index in [0.29, 0.717) is 12.4 Å². The van der Waals surface area contributed by atoms with Crippen LogP contribution in [0, 0.1) is 0 Å². The molecule has 0 aliphatic rings. The van der Waals surface area contributed by atoms with Crippen LogP contribution < -0.4 is 16.0 Å². The molecule has 5 heteroatoms. The van der Waals surface area contributed by atoms with Crippen LogP contribution in [0.15, 0.2) is 42.5 Å². The van der Waals surface area contributed by atoms with Crippen molar-refractivity contribution in [3.63, 3.8) is 0 Å². The van der Waals surface area contributed by atoms with Crippen LogP contribution in [0.3, 0.4) is 0 Å². The predicted molar refractivity (Wildman–Crippen MR) is 78.4 cm³/mol. The first-order valence-electron chi connectivity index (χ1n) is 6.45. The lowest BCUT2D eigenvalue weighted by atomic mass is 10.1. The molecule has 0 radical (unpaired) electrons. The fourth-order valence-electron chi connectivity index (χ4n) is 1.77. The van der Waals surface area contributed by atoms with Gasteiger partial charge in [0.05, 0.1) is 12.3 Å². The maximum absolute atomic E-state index is 5.69. The van der Waals surface area contributed by atoms with E-state index >= 15 is 0 Å². The first-order chi connectivity index (χ1) is 9.81. The number of ether oxygens (including phenoxy) is 2. The lowest BCUT2D eigenvalue weighted by Crippen LogP contribution is -2.09. The number of benzene rings is 1. The number of pyridine rings is 1. The summed E-state index contributed by atoms with van der Waals surface area (Å²) >= 11 is 0. The Bertz CT molecular complexity index is 529. The van der Waals surface area contributed by atoms with E-state index in [9.17, 15) is 0 Å². The van der Waals surface area contributed by atoms with E-state index in [1.54, 1.807) is 13.2 Å². The van der Waals surface area contributed by atoms with Crippen molar-refractivity contribution in [3.8, 4) is 5.75 Å². The summed E-state index contributed by atoms with van der Waals surface area (Å²) in [6.45, 7) is 1.13. The van der Waals surface area contributed by atoms with E-state index in [4.69, 9.17) is 15.3 Å². The Kier molecular flexibility index (Phi) is 5.34. The monoisotopic (exact) mass is 273 g/mol. The zero-order valence-electron chi connectivity index (χ0n) is 11.5. The van der Waals surface area contributed by atoms with Gasteiger partial charge in [-0.2, -0.15) is 0 Å². The SMILES string of the molecule is COCCc1ccc(OCc2cccc(NN)n2)cc1. The van der Waals surface area contributed by atoms with Gasteiger partial charge >= 0.3 is 0 Å². The van der Waals surface area contributed by atoms with Crippen molar-refractivity contribution in [1.29, 1.82) is 0 Å². The molecule has 0 saturated carbocycles. The molecule has 20 heavy (non-hydrogen) atoms. The summed E-state index contributed by atoms with van der Waals surface area (Å²) < 4.78 is 10.7. The van der Waals surface area contributed by atoms with Gasteiger partial charge in [0.2, 0.25) is 0 Å². The van der Waals surface area contributed by atoms with Crippen LogP contribution in [0.25, 0.3) is 0 Å². The second-order valence-electron chi connectivity index (χ2n) is 4.33. The van der Waals surface area contributed by atoms with Crippen LogP contribution in [0.4, 0.5) is 5.82 Å². The lowest BCUT2D eigenvalue weighted by molar-refractivity contribution is 0.202. The van der Waals surface area contributed by atoms with Gasteiger partial charge in [-0.25, -0.2) is 10.8 Å². The molecule has 2 rings (SSSR count). The number of nitrogen functional groups attached to an aromatic ring is 1. The average Bonchev–Trinajstić information content (AvgIpc) is 2.52. The van der Waals surface area contributed by atoms with Gasteiger partial charge in [0.1, 0.15) is 18.2 Å². The number of nitrogens with zero attached hydrogens (tertiary/aromatic N) is 1. The Morgan fingerprint density at radius 2 is 1.95 bits per heavy atom. The largest absolute Gasteiger partial charge is 0.487 e. The summed E-state index contributed by atoms with van der Waals surface area (Å²) in [5.41, 5.74) is 4.57. The number of methoxy groups -OCH3 is 1. The molecular weight excluding hydrogens is 254 g/mol. The molecule has 0 aliphatic carbocycles. The molecule has 0 fully saturated rings. The standard InChI is InChI=1S/C15H19N3O2/c1-19-10-9-12-5-7-14(8-6-12)20-11-13-3-2-4-15(17-13)18-16/h2-8H,9-11,16H2,1H3,(H,17,18). The zero-order valence-corrected chi connectivity index (χ0v) is 11.5. The van der Waals surface area contributed by atoms with E-state index in [0.717, 1.165) is 24.5 Å². The Morgan fingerprint density at radius 1 is 1.15 bits per heavy atom. The summed E-state index contributed by atoms with van der Waals surface area (Å²) in [6.07, 6.45) is 0.905. The molecule has 0 bridgehead atoms. The summed E-state index contributed by atoms with van der Waals surface area (Å²) in [5.74, 6) is 6.76. The highest BCUT2D eigenvalue weighted by Gasteiger charge is 1.99. The molecule has 0 aliphatic heterocycles. The van der Waals surface area contributed by atoms with Gasteiger partial charge in [0, 0.05) is 7.11 Å². The first-order valence-corrected chi connectivity index (χ1v) is 6.45. The summed E-state index contributed by atoms with van der Waals surface area (Å²) in [5, 5.41) is 0. The molecule has 106 valence electrons. The molecule has 3 N–H and O–H groups in total.